The summed E-state index contributed by atoms with van der Waals surface area (Å²) in [6, 6.07) is 0. The molecule has 0 saturated heterocycles. The third-order valence-electron chi connectivity index (χ3n) is 0.628. The molecule has 0 spiro atoms. The van der Waals surface area contributed by atoms with Gasteiger partial charge < -0.3 is 15.4 Å². The number of aliphatic hydroxyl groups is 1. The van der Waals surface area contributed by atoms with Crippen LogP contribution in [0, 0.1) is 0 Å². The average molecular weight is 160 g/mol. The second-order valence-electron chi connectivity index (χ2n) is 1.57. The van der Waals surface area contributed by atoms with Crippen molar-refractivity contribution in [3.63, 3.8) is 0 Å². The van der Waals surface area contributed by atoms with Crippen LogP contribution in [0.1, 0.15) is 13.8 Å². The molecule has 0 aromatic rings. The predicted octanol–water partition coefficient (Wildman–Crippen LogP) is -0.153. The molecule has 64 valence electrons. The predicted molar refractivity (Wildman–Crippen MR) is 39.1 cm³/mol. The van der Waals surface area contributed by atoms with E-state index in [-0.39, 0.29) is 0 Å². The zero-order chi connectivity index (χ0) is 9.28. The van der Waals surface area contributed by atoms with Gasteiger partial charge in [-0.1, -0.05) is 0 Å². The zero-order valence-corrected chi connectivity index (χ0v) is 6.65. The van der Waals surface area contributed by atoms with E-state index in [2.05, 4.69) is 16.2 Å². The van der Waals surface area contributed by atoms with Gasteiger partial charge in [-0.05, 0) is 13.8 Å². The molecule has 0 heterocycles. The van der Waals surface area contributed by atoms with Gasteiger partial charge in [-0.25, -0.2) is 4.79 Å². The fourth-order valence-corrected chi connectivity index (χ4v) is 0.263. The first-order valence-corrected chi connectivity index (χ1v) is 3.04. The van der Waals surface area contributed by atoms with E-state index in [1.54, 1.807) is 6.92 Å². The Labute approximate surface area is 65.2 Å². The molecule has 0 aliphatic carbocycles. The highest BCUT2D eigenvalue weighted by Gasteiger charge is 2.07. The molecule has 0 aromatic heterocycles. The number of hydrogen-bond acceptors (Lipinski definition) is 3. The third-order valence-corrected chi connectivity index (χ3v) is 0.628. The van der Waals surface area contributed by atoms with E-state index in [4.69, 9.17) is 10.6 Å². The molecule has 1 atom stereocenters. The lowest BCUT2D eigenvalue weighted by Crippen LogP contribution is -2.18. The Morgan fingerprint density at radius 3 is 2.36 bits per heavy atom. The molecule has 5 heteroatoms. The van der Waals surface area contributed by atoms with E-state index in [1.165, 1.54) is 6.92 Å². The van der Waals surface area contributed by atoms with Crippen LogP contribution < -0.4 is 0 Å². The van der Waals surface area contributed by atoms with Gasteiger partial charge >= 0.3 is 5.97 Å². The molecule has 0 aliphatic heterocycles. The highest BCUT2D eigenvalue weighted by Crippen LogP contribution is 1.84. The normalized spacial score (nSPS) is 10.1. The Balaban J connectivity index is 0. The number of hydrogen-bond donors (Lipinski definition) is 1. The van der Waals surface area contributed by atoms with Crippen LogP contribution in [-0.4, -0.2) is 35.3 Å². The minimum Gasteiger partial charge on any atom is -0.464 e. The minimum absolute atomic E-state index is 0.323. The standard InChI is InChI=1S/C5H10O3.CH2N2/c1-3-8-5(7)4(2)6;1-3-2/h4,6H,3H2,1-2H3;1H2. The number of carbonyl (C=O) groups excluding carboxylic acids is 1. The molecule has 5 nitrogen and oxygen atoms in total. The highest BCUT2D eigenvalue weighted by atomic mass is 16.5. The first-order chi connectivity index (χ1) is 5.09. The molecular weight excluding hydrogens is 148 g/mol. The summed E-state index contributed by atoms with van der Waals surface area (Å²) >= 11 is 0. The molecule has 0 aliphatic rings. The van der Waals surface area contributed by atoms with Crippen LogP contribution in [0.4, 0.5) is 0 Å². The van der Waals surface area contributed by atoms with Crippen molar-refractivity contribution in [1.82, 2.24) is 0 Å². The van der Waals surface area contributed by atoms with Crippen LogP contribution in [0.3, 0.4) is 0 Å². The van der Waals surface area contributed by atoms with Crippen molar-refractivity contribution < 1.29 is 19.4 Å². The monoisotopic (exact) mass is 160 g/mol. The Bertz CT molecular complexity index is 139. The van der Waals surface area contributed by atoms with Gasteiger partial charge in [-0.3, -0.25) is 0 Å². The van der Waals surface area contributed by atoms with Crippen molar-refractivity contribution in [2.45, 2.75) is 20.0 Å². The summed E-state index contributed by atoms with van der Waals surface area (Å²) in [5.41, 5.74) is 7.08. The minimum atomic E-state index is -0.991. The number of rotatable bonds is 2. The van der Waals surface area contributed by atoms with Crippen LogP contribution in [0.2, 0.25) is 0 Å². The summed E-state index contributed by atoms with van der Waals surface area (Å²) < 4.78 is 4.41. The van der Waals surface area contributed by atoms with Crippen molar-refractivity contribution in [1.29, 1.82) is 0 Å². The van der Waals surface area contributed by atoms with E-state index in [9.17, 15) is 4.79 Å². The van der Waals surface area contributed by atoms with Gasteiger partial charge in [-0.2, -0.15) is 4.79 Å². The lowest BCUT2D eigenvalue weighted by Gasteiger charge is -2.01. The average Bonchev–Trinajstić information content (AvgIpc) is 1.90. The topological polar surface area (TPSA) is 82.9 Å². The molecule has 0 fully saturated rings. The molecule has 1 unspecified atom stereocenters. The van der Waals surface area contributed by atoms with E-state index >= 15 is 0 Å². The summed E-state index contributed by atoms with van der Waals surface area (Å²) in [5.74, 6) is -0.562. The molecule has 1 N–H and O–H groups in total. The van der Waals surface area contributed by atoms with Gasteiger partial charge in [0.1, 0.15) is 6.10 Å². The largest absolute Gasteiger partial charge is 0.464 e. The molecule has 0 aromatic carbocycles. The number of carbonyl (C=O) groups is 1. The quantitative estimate of drug-likeness (QED) is 0.264. The van der Waals surface area contributed by atoms with Crippen LogP contribution in [-0.2, 0) is 9.53 Å². The second-order valence-corrected chi connectivity index (χ2v) is 1.57. The molecular formula is C6H12N2O3. The van der Waals surface area contributed by atoms with Gasteiger partial charge in [0.15, 0.2) is 0 Å². The zero-order valence-electron chi connectivity index (χ0n) is 6.65. The van der Waals surface area contributed by atoms with Gasteiger partial charge in [0.05, 0.1) is 6.61 Å². The van der Waals surface area contributed by atoms with Gasteiger partial charge in [-0.15, -0.1) is 0 Å². The number of esters is 1. The van der Waals surface area contributed by atoms with Gasteiger partial charge in [0.2, 0.25) is 6.72 Å². The first kappa shape index (κ1) is 12.5. The molecule has 0 bridgehead atoms. The van der Waals surface area contributed by atoms with Crippen molar-refractivity contribution >= 4 is 12.7 Å². The first-order valence-electron chi connectivity index (χ1n) is 3.04. The third kappa shape index (κ3) is 12.1. The lowest BCUT2D eigenvalue weighted by molar-refractivity contribution is -0.151. The number of aliphatic hydroxyl groups excluding tert-OH is 1. The maximum atomic E-state index is 10.3. The van der Waals surface area contributed by atoms with Crippen LogP contribution in [0.15, 0.2) is 0 Å². The fraction of sp³-hybridized carbons (Fsp3) is 0.667. The summed E-state index contributed by atoms with van der Waals surface area (Å²) in [6.45, 7) is 6.06. The van der Waals surface area contributed by atoms with Crippen LogP contribution in [0.25, 0.3) is 5.53 Å². The molecule has 0 saturated carbocycles. The Morgan fingerprint density at radius 1 is 1.91 bits per heavy atom. The maximum absolute atomic E-state index is 10.3. The second kappa shape index (κ2) is 8.81. The van der Waals surface area contributed by atoms with Crippen molar-refractivity contribution in [2.24, 2.45) is 0 Å². The number of ether oxygens (including phenoxy) is 1. The summed E-state index contributed by atoms with van der Waals surface area (Å²) in [4.78, 5) is 12.5. The van der Waals surface area contributed by atoms with Crippen molar-refractivity contribution in [2.75, 3.05) is 6.61 Å². The van der Waals surface area contributed by atoms with E-state index in [0.29, 0.717) is 6.61 Å². The molecule has 0 radical (unpaired) electrons. The smallest absolute Gasteiger partial charge is 0.334 e. The summed E-state index contributed by atoms with van der Waals surface area (Å²) in [6.07, 6.45) is -0.991. The summed E-state index contributed by atoms with van der Waals surface area (Å²) in [7, 11) is 0. The Kier molecular flexibility index (Phi) is 10.00. The SMILES string of the molecule is C=[N+]=[N-].CCOC(=O)C(C)O. The maximum Gasteiger partial charge on any atom is 0.334 e. The van der Waals surface area contributed by atoms with Crippen LogP contribution >= 0.6 is 0 Å². The lowest BCUT2D eigenvalue weighted by atomic mass is 10.4. The van der Waals surface area contributed by atoms with E-state index < -0.39 is 12.1 Å². The Morgan fingerprint density at radius 2 is 2.27 bits per heavy atom. The highest BCUT2D eigenvalue weighted by molar-refractivity contribution is 5.73. The van der Waals surface area contributed by atoms with E-state index in [0.717, 1.165) is 0 Å². The fourth-order valence-electron chi connectivity index (χ4n) is 0.263. The molecule has 0 amide bonds. The summed E-state index contributed by atoms with van der Waals surface area (Å²) in [5, 5.41) is 8.48. The van der Waals surface area contributed by atoms with Crippen molar-refractivity contribution in [3.8, 4) is 0 Å². The van der Waals surface area contributed by atoms with Gasteiger partial charge in [0.25, 0.3) is 0 Å². The van der Waals surface area contributed by atoms with E-state index in [1.807, 2.05) is 0 Å². The van der Waals surface area contributed by atoms with Crippen molar-refractivity contribution in [3.05, 3.63) is 5.53 Å². The Hall–Kier alpha value is -1.19. The van der Waals surface area contributed by atoms with Crippen LogP contribution in [0.5, 0.6) is 0 Å². The molecule has 11 heavy (non-hydrogen) atoms. The molecule has 0 rings (SSSR count). The number of nitrogens with zero attached hydrogens (tertiary/aromatic N) is 2. The van der Waals surface area contributed by atoms with Gasteiger partial charge in [0, 0.05) is 0 Å².